The first-order valence-electron chi connectivity index (χ1n) is 2.93. The number of nitrogens with two attached hydrogens (primary N) is 1. The molecule has 12 heavy (non-hydrogen) atoms. The van der Waals surface area contributed by atoms with Crippen molar-refractivity contribution in [3.8, 4) is 0 Å². The third-order valence-electron chi connectivity index (χ3n) is 1.03. The molecule has 0 heterocycles. The molecule has 0 aromatic carbocycles. The van der Waals surface area contributed by atoms with Crippen LogP contribution < -0.4 is 10.5 Å². The highest BCUT2D eigenvalue weighted by atomic mass is 35.5. The Morgan fingerprint density at radius 2 is 2.08 bits per heavy atom. The predicted molar refractivity (Wildman–Crippen MR) is 43.0 cm³/mol. The molecule has 72 valence electrons. The standard InChI is InChI=1S/C4H9ClN2O4S/c1-2(5)3(6)4(8)7-12(9,10)11/h2-3H,6H2,1H3,(H,7,8)(H,9,10,11)/t2?,3-/m0/s1. The van der Waals surface area contributed by atoms with Crippen LogP contribution >= 0.6 is 11.6 Å². The fraction of sp³-hybridized carbons (Fsp3) is 0.750. The molecule has 1 unspecified atom stereocenters. The number of carbonyl (C=O) groups is 1. The molecular formula is C4H9ClN2O4S. The van der Waals surface area contributed by atoms with E-state index in [1.807, 2.05) is 0 Å². The maximum atomic E-state index is 10.7. The molecule has 0 fully saturated rings. The predicted octanol–water partition coefficient (Wildman–Crippen LogP) is -1.14. The average Bonchev–Trinajstić information content (AvgIpc) is 1.82. The summed E-state index contributed by atoms with van der Waals surface area (Å²) in [7, 11) is -4.54. The third kappa shape index (κ3) is 4.50. The molecule has 0 aliphatic rings. The molecule has 0 saturated carbocycles. The summed E-state index contributed by atoms with van der Waals surface area (Å²) in [6.45, 7) is 1.43. The van der Waals surface area contributed by atoms with Crippen molar-refractivity contribution in [3.05, 3.63) is 0 Å². The topological polar surface area (TPSA) is 109 Å². The molecule has 0 radical (unpaired) electrons. The Bertz CT molecular complexity index is 262. The normalized spacial score (nSPS) is 16.7. The highest BCUT2D eigenvalue weighted by Gasteiger charge is 2.22. The molecule has 0 aromatic heterocycles. The van der Waals surface area contributed by atoms with Gasteiger partial charge in [-0.25, -0.2) is 4.72 Å². The van der Waals surface area contributed by atoms with Crippen LogP contribution in [0.5, 0.6) is 0 Å². The largest absolute Gasteiger partial charge is 0.359 e. The summed E-state index contributed by atoms with van der Waals surface area (Å²) in [5, 5.41) is -0.716. The molecular weight excluding hydrogens is 208 g/mol. The van der Waals surface area contributed by atoms with E-state index in [0.29, 0.717) is 0 Å². The number of alkyl halides is 1. The van der Waals surface area contributed by atoms with Gasteiger partial charge < -0.3 is 5.73 Å². The molecule has 1 amide bonds. The number of hydrogen-bond acceptors (Lipinski definition) is 4. The van der Waals surface area contributed by atoms with Crippen LogP contribution in [0.1, 0.15) is 6.92 Å². The van der Waals surface area contributed by atoms with E-state index in [2.05, 4.69) is 0 Å². The fourth-order valence-electron chi connectivity index (χ4n) is 0.404. The Morgan fingerprint density at radius 1 is 1.67 bits per heavy atom. The van der Waals surface area contributed by atoms with Crippen molar-refractivity contribution < 1.29 is 17.8 Å². The number of nitrogens with one attached hydrogen (secondary N) is 1. The lowest BCUT2D eigenvalue weighted by molar-refractivity contribution is -0.120. The molecule has 0 spiro atoms. The number of hydrogen-bond donors (Lipinski definition) is 3. The van der Waals surface area contributed by atoms with E-state index in [4.69, 9.17) is 21.9 Å². The zero-order valence-corrected chi connectivity index (χ0v) is 7.76. The summed E-state index contributed by atoms with van der Waals surface area (Å²) >= 11 is 5.39. The number of carbonyl (C=O) groups excluding carboxylic acids is 1. The van der Waals surface area contributed by atoms with Gasteiger partial charge in [0.25, 0.3) is 5.91 Å². The molecule has 0 aromatic rings. The summed E-state index contributed by atoms with van der Waals surface area (Å²) in [6.07, 6.45) is 0. The van der Waals surface area contributed by atoms with E-state index in [0.717, 1.165) is 0 Å². The van der Waals surface area contributed by atoms with Gasteiger partial charge >= 0.3 is 10.3 Å². The second-order valence-electron chi connectivity index (χ2n) is 2.14. The Labute approximate surface area is 75.0 Å². The minimum Gasteiger partial charge on any atom is -0.319 e. The number of halogens is 1. The van der Waals surface area contributed by atoms with Gasteiger partial charge in [0.15, 0.2) is 0 Å². The van der Waals surface area contributed by atoms with Gasteiger partial charge in [0, 0.05) is 0 Å². The molecule has 0 rings (SSSR count). The first kappa shape index (κ1) is 11.6. The molecule has 0 bridgehead atoms. The lowest BCUT2D eigenvalue weighted by Gasteiger charge is -2.11. The van der Waals surface area contributed by atoms with Crippen LogP contribution in [0.3, 0.4) is 0 Å². The lowest BCUT2D eigenvalue weighted by Crippen LogP contribution is -2.47. The van der Waals surface area contributed by atoms with E-state index in [1.54, 1.807) is 0 Å². The highest BCUT2D eigenvalue weighted by molar-refractivity contribution is 7.84. The van der Waals surface area contributed by atoms with Gasteiger partial charge in [0.05, 0.1) is 5.38 Å². The number of amides is 1. The van der Waals surface area contributed by atoms with Gasteiger partial charge in [-0.3, -0.25) is 9.35 Å². The Balaban J connectivity index is 4.25. The van der Waals surface area contributed by atoms with Crippen molar-refractivity contribution in [2.75, 3.05) is 0 Å². The minimum atomic E-state index is -4.54. The van der Waals surface area contributed by atoms with Crippen LogP contribution in [0.25, 0.3) is 0 Å². The molecule has 4 N–H and O–H groups in total. The van der Waals surface area contributed by atoms with Crippen molar-refractivity contribution >= 4 is 27.8 Å². The minimum absolute atomic E-state index is 0.716. The van der Waals surface area contributed by atoms with Crippen LogP contribution in [0.4, 0.5) is 0 Å². The van der Waals surface area contributed by atoms with Crippen molar-refractivity contribution in [1.82, 2.24) is 4.72 Å². The second kappa shape index (κ2) is 4.04. The third-order valence-corrected chi connectivity index (χ3v) is 1.76. The zero-order chi connectivity index (χ0) is 9.94. The van der Waals surface area contributed by atoms with E-state index < -0.39 is 27.6 Å². The van der Waals surface area contributed by atoms with E-state index >= 15 is 0 Å². The SMILES string of the molecule is CC(Cl)[C@H](N)C(=O)NS(=O)(=O)O. The smallest absolute Gasteiger partial charge is 0.319 e. The van der Waals surface area contributed by atoms with Crippen molar-refractivity contribution in [2.24, 2.45) is 5.73 Å². The van der Waals surface area contributed by atoms with Gasteiger partial charge in [0.2, 0.25) is 0 Å². The molecule has 2 atom stereocenters. The van der Waals surface area contributed by atoms with Gasteiger partial charge in [-0.1, -0.05) is 0 Å². The van der Waals surface area contributed by atoms with Crippen molar-refractivity contribution in [2.45, 2.75) is 18.3 Å². The van der Waals surface area contributed by atoms with Gasteiger partial charge in [-0.15, -0.1) is 11.6 Å². The summed E-state index contributed by atoms with van der Waals surface area (Å²) in [5.41, 5.74) is 5.15. The monoisotopic (exact) mass is 216 g/mol. The first-order chi connectivity index (χ1) is 5.24. The molecule has 0 aliphatic carbocycles. The zero-order valence-electron chi connectivity index (χ0n) is 6.19. The van der Waals surface area contributed by atoms with Crippen LogP contribution in [-0.4, -0.2) is 30.3 Å². The maximum Gasteiger partial charge on any atom is 0.359 e. The maximum absolute atomic E-state index is 10.7. The van der Waals surface area contributed by atoms with Crippen molar-refractivity contribution in [1.29, 1.82) is 0 Å². The van der Waals surface area contributed by atoms with Gasteiger partial charge in [-0.2, -0.15) is 8.42 Å². The Morgan fingerprint density at radius 3 is 2.33 bits per heavy atom. The van der Waals surface area contributed by atoms with E-state index in [-0.39, 0.29) is 0 Å². The van der Waals surface area contributed by atoms with Crippen LogP contribution in [0.2, 0.25) is 0 Å². The molecule has 8 heteroatoms. The van der Waals surface area contributed by atoms with Crippen LogP contribution in [0, 0.1) is 0 Å². The summed E-state index contributed by atoms with van der Waals surface area (Å²) in [6, 6.07) is -1.17. The van der Waals surface area contributed by atoms with E-state index in [9.17, 15) is 13.2 Å². The second-order valence-corrected chi connectivity index (χ2v) is 3.99. The number of rotatable bonds is 3. The Kier molecular flexibility index (Phi) is 3.91. The summed E-state index contributed by atoms with van der Waals surface area (Å²) in [5.74, 6) is -1.04. The summed E-state index contributed by atoms with van der Waals surface area (Å²) in [4.78, 5) is 10.7. The van der Waals surface area contributed by atoms with Gasteiger partial charge in [0.1, 0.15) is 6.04 Å². The first-order valence-corrected chi connectivity index (χ1v) is 4.80. The van der Waals surface area contributed by atoms with Gasteiger partial charge in [-0.05, 0) is 6.92 Å². The summed E-state index contributed by atoms with van der Waals surface area (Å²) < 4.78 is 29.6. The highest BCUT2D eigenvalue weighted by Crippen LogP contribution is 1.98. The Hall–Kier alpha value is -0.370. The fourth-order valence-corrected chi connectivity index (χ4v) is 0.908. The molecule has 0 saturated heterocycles. The lowest BCUT2D eigenvalue weighted by atomic mass is 10.2. The molecule has 6 nitrogen and oxygen atoms in total. The average molecular weight is 217 g/mol. The molecule has 0 aliphatic heterocycles. The quantitative estimate of drug-likeness (QED) is 0.408. The van der Waals surface area contributed by atoms with Crippen LogP contribution in [-0.2, 0) is 15.1 Å². The van der Waals surface area contributed by atoms with Crippen molar-refractivity contribution in [3.63, 3.8) is 0 Å². The van der Waals surface area contributed by atoms with Crippen LogP contribution in [0.15, 0.2) is 0 Å². The van der Waals surface area contributed by atoms with E-state index in [1.165, 1.54) is 11.6 Å².